The second-order valence-corrected chi connectivity index (χ2v) is 6.02. The number of ether oxygens (including phenoxy) is 1. The Morgan fingerprint density at radius 1 is 1.27 bits per heavy atom. The van der Waals surface area contributed by atoms with Crippen LogP contribution in [-0.2, 0) is 4.74 Å². The molecule has 15 heavy (non-hydrogen) atoms. The molecule has 1 N–H and O–H groups in total. The molecule has 0 bridgehead atoms. The topological polar surface area (TPSA) is 21.3 Å². The number of thioether (sulfide) groups is 1. The van der Waals surface area contributed by atoms with Crippen LogP contribution in [-0.4, -0.2) is 37.3 Å². The molecule has 0 unspecified atom stereocenters. The number of hydrogen-bond donors (Lipinski definition) is 1. The molecule has 0 aromatic heterocycles. The predicted octanol–water partition coefficient (Wildman–Crippen LogP) is 2.53. The van der Waals surface area contributed by atoms with Crippen LogP contribution in [0.3, 0.4) is 0 Å². The van der Waals surface area contributed by atoms with Crippen molar-refractivity contribution in [2.24, 2.45) is 5.92 Å². The van der Waals surface area contributed by atoms with Gasteiger partial charge in [-0.25, -0.2) is 0 Å². The maximum Gasteiger partial charge on any atom is 0.0476 e. The largest absolute Gasteiger partial charge is 0.381 e. The third-order valence-corrected chi connectivity index (χ3v) is 4.08. The van der Waals surface area contributed by atoms with E-state index in [1.807, 2.05) is 0 Å². The summed E-state index contributed by atoms with van der Waals surface area (Å²) < 4.78 is 5.34. The first-order chi connectivity index (χ1) is 7.29. The molecule has 1 aliphatic heterocycles. The Morgan fingerprint density at radius 2 is 2.00 bits per heavy atom. The van der Waals surface area contributed by atoms with Crippen LogP contribution in [0, 0.1) is 5.92 Å². The normalized spacial score (nSPS) is 18.6. The van der Waals surface area contributed by atoms with Crippen LogP contribution in [0.5, 0.6) is 0 Å². The lowest BCUT2D eigenvalue weighted by Gasteiger charge is -2.21. The van der Waals surface area contributed by atoms with Gasteiger partial charge in [-0.05, 0) is 31.7 Å². The van der Waals surface area contributed by atoms with E-state index >= 15 is 0 Å². The van der Waals surface area contributed by atoms with E-state index in [1.165, 1.54) is 31.6 Å². The molecule has 0 atom stereocenters. The smallest absolute Gasteiger partial charge is 0.0476 e. The first-order valence-electron chi connectivity index (χ1n) is 6.19. The van der Waals surface area contributed by atoms with Gasteiger partial charge < -0.3 is 10.1 Å². The molecule has 0 spiro atoms. The highest BCUT2D eigenvalue weighted by molar-refractivity contribution is 7.99. The average molecular weight is 231 g/mol. The monoisotopic (exact) mass is 231 g/mol. The lowest BCUT2D eigenvalue weighted by atomic mass is 10.1. The van der Waals surface area contributed by atoms with Crippen molar-refractivity contribution < 1.29 is 4.74 Å². The molecular weight excluding hydrogens is 206 g/mol. The second kappa shape index (κ2) is 8.43. The lowest BCUT2D eigenvalue weighted by Crippen LogP contribution is -2.22. The van der Waals surface area contributed by atoms with Gasteiger partial charge in [0.15, 0.2) is 0 Å². The van der Waals surface area contributed by atoms with E-state index in [0.717, 1.165) is 30.9 Å². The molecule has 0 aromatic carbocycles. The van der Waals surface area contributed by atoms with Gasteiger partial charge in [-0.3, -0.25) is 0 Å². The molecule has 0 saturated carbocycles. The van der Waals surface area contributed by atoms with Crippen LogP contribution in [0.1, 0.15) is 33.1 Å². The molecule has 0 radical (unpaired) electrons. The fourth-order valence-corrected chi connectivity index (χ4v) is 2.78. The van der Waals surface area contributed by atoms with Gasteiger partial charge in [-0.1, -0.05) is 13.8 Å². The van der Waals surface area contributed by atoms with Crippen LogP contribution in [0.2, 0.25) is 0 Å². The van der Waals surface area contributed by atoms with Crippen LogP contribution in [0.15, 0.2) is 0 Å². The fourth-order valence-electron chi connectivity index (χ4n) is 1.66. The Kier molecular flexibility index (Phi) is 7.49. The minimum absolute atomic E-state index is 0.820. The van der Waals surface area contributed by atoms with E-state index in [0.29, 0.717) is 0 Å². The summed E-state index contributed by atoms with van der Waals surface area (Å²) in [6.45, 7) is 8.83. The molecule has 1 fully saturated rings. The van der Waals surface area contributed by atoms with Crippen molar-refractivity contribution in [3.05, 3.63) is 0 Å². The van der Waals surface area contributed by atoms with Gasteiger partial charge in [0.25, 0.3) is 0 Å². The highest BCUT2D eigenvalue weighted by Crippen LogP contribution is 2.21. The molecule has 1 aliphatic rings. The SMILES string of the molecule is CC(C)CCNCCSC1CCOCC1. The quantitative estimate of drug-likeness (QED) is 0.680. The summed E-state index contributed by atoms with van der Waals surface area (Å²) in [5.74, 6) is 2.07. The Balaban J connectivity index is 1.83. The van der Waals surface area contributed by atoms with E-state index in [-0.39, 0.29) is 0 Å². The maximum atomic E-state index is 5.34. The molecular formula is C12H25NOS. The van der Waals surface area contributed by atoms with E-state index < -0.39 is 0 Å². The molecule has 1 saturated heterocycles. The molecule has 1 heterocycles. The highest BCUT2D eigenvalue weighted by atomic mass is 32.2. The maximum absolute atomic E-state index is 5.34. The number of nitrogens with one attached hydrogen (secondary N) is 1. The van der Waals surface area contributed by atoms with E-state index in [2.05, 4.69) is 30.9 Å². The first-order valence-corrected chi connectivity index (χ1v) is 7.24. The molecule has 90 valence electrons. The van der Waals surface area contributed by atoms with Crippen molar-refractivity contribution in [3.8, 4) is 0 Å². The summed E-state index contributed by atoms with van der Waals surface area (Å²) in [6.07, 6.45) is 3.79. The van der Waals surface area contributed by atoms with E-state index in [4.69, 9.17) is 4.74 Å². The fraction of sp³-hybridized carbons (Fsp3) is 1.00. The number of hydrogen-bond acceptors (Lipinski definition) is 3. The van der Waals surface area contributed by atoms with Crippen LogP contribution >= 0.6 is 11.8 Å². The summed E-state index contributed by atoms with van der Waals surface area (Å²) in [4.78, 5) is 0. The van der Waals surface area contributed by atoms with Crippen molar-refractivity contribution in [2.45, 2.75) is 38.4 Å². The summed E-state index contributed by atoms with van der Waals surface area (Å²) in [6, 6.07) is 0. The van der Waals surface area contributed by atoms with Gasteiger partial charge in [0.2, 0.25) is 0 Å². The summed E-state index contributed by atoms with van der Waals surface area (Å²) in [5, 5.41) is 4.36. The van der Waals surface area contributed by atoms with Gasteiger partial charge in [0.1, 0.15) is 0 Å². The molecule has 0 aromatic rings. The second-order valence-electron chi connectivity index (χ2n) is 4.62. The zero-order valence-electron chi connectivity index (χ0n) is 10.1. The van der Waals surface area contributed by atoms with Crippen LogP contribution in [0.25, 0.3) is 0 Å². The van der Waals surface area contributed by atoms with Crippen molar-refractivity contribution in [2.75, 3.05) is 32.1 Å². The third kappa shape index (κ3) is 7.20. The minimum atomic E-state index is 0.820. The van der Waals surface area contributed by atoms with Crippen molar-refractivity contribution in [1.82, 2.24) is 5.32 Å². The Bertz CT molecular complexity index is 147. The van der Waals surface area contributed by atoms with E-state index in [1.54, 1.807) is 0 Å². The molecule has 0 aliphatic carbocycles. The summed E-state index contributed by atoms with van der Waals surface area (Å²) in [5.41, 5.74) is 0. The zero-order chi connectivity index (χ0) is 10.9. The van der Waals surface area contributed by atoms with Crippen molar-refractivity contribution in [3.63, 3.8) is 0 Å². The predicted molar refractivity (Wildman–Crippen MR) is 68.6 cm³/mol. The summed E-state index contributed by atoms with van der Waals surface area (Å²) in [7, 11) is 0. The van der Waals surface area contributed by atoms with Crippen LogP contribution in [0.4, 0.5) is 0 Å². The Labute approximate surface area is 98.5 Å². The standard InChI is InChI=1S/C12H25NOS/c1-11(2)3-6-13-7-10-15-12-4-8-14-9-5-12/h11-13H,3-10H2,1-2H3. The van der Waals surface area contributed by atoms with Crippen molar-refractivity contribution in [1.29, 1.82) is 0 Å². The average Bonchev–Trinajstić information content (AvgIpc) is 2.24. The minimum Gasteiger partial charge on any atom is -0.381 e. The van der Waals surface area contributed by atoms with Crippen LogP contribution < -0.4 is 5.32 Å². The lowest BCUT2D eigenvalue weighted by molar-refractivity contribution is 0.100. The van der Waals surface area contributed by atoms with Crippen molar-refractivity contribution >= 4 is 11.8 Å². The Hall–Kier alpha value is 0.270. The zero-order valence-corrected chi connectivity index (χ0v) is 10.9. The van der Waals surface area contributed by atoms with Gasteiger partial charge >= 0.3 is 0 Å². The Morgan fingerprint density at radius 3 is 2.67 bits per heavy atom. The molecule has 3 heteroatoms. The molecule has 1 rings (SSSR count). The van der Waals surface area contributed by atoms with Gasteiger partial charge in [-0.15, -0.1) is 0 Å². The molecule has 0 amide bonds. The van der Waals surface area contributed by atoms with Gasteiger partial charge in [-0.2, -0.15) is 11.8 Å². The molecule has 2 nitrogen and oxygen atoms in total. The summed E-state index contributed by atoms with van der Waals surface area (Å²) >= 11 is 2.11. The number of rotatable bonds is 7. The third-order valence-electron chi connectivity index (χ3n) is 2.70. The van der Waals surface area contributed by atoms with Gasteiger partial charge in [0.05, 0.1) is 0 Å². The van der Waals surface area contributed by atoms with Gasteiger partial charge in [0, 0.05) is 30.8 Å². The highest BCUT2D eigenvalue weighted by Gasteiger charge is 2.13. The van der Waals surface area contributed by atoms with E-state index in [9.17, 15) is 0 Å². The first kappa shape index (κ1) is 13.3.